The van der Waals surface area contributed by atoms with Crippen molar-refractivity contribution < 1.29 is 4.79 Å². The van der Waals surface area contributed by atoms with Gasteiger partial charge in [-0.15, -0.1) is 0 Å². The second-order valence-electron chi connectivity index (χ2n) is 8.65. The highest BCUT2D eigenvalue weighted by atomic mass is 35.5. The molecule has 0 atom stereocenters. The van der Waals surface area contributed by atoms with Crippen LogP contribution in [-0.2, 0) is 30.7 Å². The Morgan fingerprint density at radius 2 is 1.77 bits per heavy atom. The minimum Gasteiger partial charge on any atom is -0.370 e. The third-order valence-electron chi connectivity index (χ3n) is 6.13. The SMILES string of the molecule is CN=C(N)N.Cc1c(Cc2c(Cl)cccc2Cl)c(=O)ccn1CCc1ccc(-c2cnc(CNC=O)[nH]2)cc1. The number of aromatic amines is 1. The van der Waals surface area contributed by atoms with E-state index in [0.29, 0.717) is 40.8 Å². The van der Waals surface area contributed by atoms with E-state index in [1.807, 2.05) is 25.3 Å². The first-order valence-corrected chi connectivity index (χ1v) is 12.9. The molecule has 0 saturated heterocycles. The summed E-state index contributed by atoms with van der Waals surface area (Å²) in [5, 5.41) is 3.71. The number of nitrogens with one attached hydrogen (secondary N) is 2. The molecule has 4 aromatic rings. The number of amides is 1. The summed E-state index contributed by atoms with van der Waals surface area (Å²) in [6, 6.07) is 15.2. The summed E-state index contributed by atoms with van der Waals surface area (Å²) in [6.07, 6.45) is 5.45. The lowest BCUT2D eigenvalue weighted by atomic mass is 10.0. The van der Waals surface area contributed by atoms with Crippen molar-refractivity contribution in [2.75, 3.05) is 7.05 Å². The van der Waals surface area contributed by atoms with Crippen molar-refractivity contribution in [1.29, 1.82) is 0 Å². The van der Waals surface area contributed by atoms with E-state index < -0.39 is 0 Å². The van der Waals surface area contributed by atoms with Gasteiger partial charge in [0.25, 0.3) is 0 Å². The number of nitrogens with zero attached hydrogens (tertiary/aromatic N) is 3. The highest BCUT2D eigenvalue weighted by Gasteiger charge is 2.13. The van der Waals surface area contributed by atoms with E-state index in [-0.39, 0.29) is 11.4 Å². The highest BCUT2D eigenvalue weighted by molar-refractivity contribution is 6.36. The molecule has 4 rings (SSSR count). The molecule has 0 aliphatic carbocycles. The number of hydrogen-bond acceptors (Lipinski definition) is 4. The van der Waals surface area contributed by atoms with E-state index in [1.54, 1.807) is 30.5 Å². The van der Waals surface area contributed by atoms with Crippen LogP contribution in [0.25, 0.3) is 11.3 Å². The maximum atomic E-state index is 12.6. The summed E-state index contributed by atoms with van der Waals surface area (Å²) in [5.41, 5.74) is 15.1. The summed E-state index contributed by atoms with van der Waals surface area (Å²) in [7, 11) is 1.54. The molecule has 204 valence electrons. The first-order chi connectivity index (χ1) is 18.7. The van der Waals surface area contributed by atoms with Crippen LogP contribution in [0.3, 0.4) is 0 Å². The second-order valence-corrected chi connectivity index (χ2v) is 9.47. The molecule has 1 amide bonds. The van der Waals surface area contributed by atoms with Crippen molar-refractivity contribution in [2.24, 2.45) is 16.5 Å². The third kappa shape index (κ3) is 8.20. The van der Waals surface area contributed by atoms with Crippen LogP contribution in [0.2, 0.25) is 10.0 Å². The van der Waals surface area contributed by atoms with Crippen LogP contribution < -0.4 is 22.2 Å². The van der Waals surface area contributed by atoms with Crippen LogP contribution >= 0.6 is 23.2 Å². The quantitative estimate of drug-likeness (QED) is 0.138. The molecule has 2 heterocycles. The molecule has 6 N–H and O–H groups in total. The number of pyridine rings is 1. The van der Waals surface area contributed by atoms with Gasteiger partial charge in [-0.1, -0.05) is 53.5 Å². The van der Waals surface area contributed by atoms with Gasteiger partial charge in [0.1, 0.15) is 5.82 Å². The number of nitrogens with two attached hydrogens (primary N) is 2. The van der Waals surface area contributed by atoms with E-state index in [0.717, 1.165) is 35.5 Å². The van der Waals surface area contributed by atoms with Crippen molar-refractivity contribution in [3.8, 4) is 11.3 Å². The fourth-order valence-corrected chi connectivity index (χ4v) is 4.43. The molecule has 0 unspecified atom stereocenters. The third-order valence-corrected chi connectivity index (χ3v) is 6.84. The molecule has 39 heavy (non-hydrogen) atoms. The van der Waals surface area contributed by atoms with Crippen molar-refractivity contribution in [3.63, 3.8) is 0 Å². The maximum absolute atomic E-state index is 12.6. The van der Waals surface area contributed by atoms with Gasteiger partial charge in [0.15, 0.2) is 11.4 Å². The van der Waals surface area contributed by atoms with E-state index in [1.165, 1.54) is 12.6 Å². The van der Waals surface area contributed by atoms with Crippen LogP contribution in [0.5, 0.6) is 0 Å². The fourth-order valence-electron chi connectivity index (χ4n) is 3.89. The molecular weight excluding hydrogens is 537 g/mol. The van der Waals surface area contributed by atoms with Gasteiger partial charge in [0.2, 0.25) is 6.41 Å². The van der Waals surface area contributed by atoms with Crippen molar-refractivity contribution in [1.82, 2.24) is 19.9 Å². The van der Waals surface area contributed by atoms with Crippen LogP contribution in [0, 0.1) is 6.92 Å². The van der Waals surface area contributed by atoms with E-state index in [4.69, 9.17) is 34.7 Å². The Kier molecular flexibility index (Phi) is 10.7. The van der Waals surface area contributed by atoms with Crippen molar-refractivity contribution in [3.05, 3.63) is 109 Å². The maximum Gasteiger partial charge on any atom is 0.207 e. The predicted molar refractivity (Wildman–Crippen MR) is 157 cm³/mol. The lowest BCUT2D eigenvalue weighted by Crippen LogP contribution is -2.21. The second kappa shape index (κ2) is 14.2. The monoisotopic (exact) mass is 567 g/mol. The predicted octanol–water partition coefficient (Wildman–Crippen LogP) is 3.82. The number of hydrogen-bond donors (Lipinski definition) is 4. The normalized spacial score (nSPS) is 10.4. The van der Waals surface area contributed by atoms with Gasteiger partial charge in [-0.05, 0) is 42.2 Å². The largest absolute Gasteiger partial charge is 0.370 e. The number of carbonyl (C=O) groups is 1. The lowest BCUT2D eigenvalue weighted by molar-refractivity contribution is -0.109. The Bertz CT molecular complexity index is 1470. The summed E-state index contributed by atoms with van der Waals surface area (Å²) in [5.74, 6) is 0.832. The fraction of sp³-hybridized carbons (Fsp3) is 0.214. The van der Waals surface area contributed by atoms with Crippen LogP contribution in [0.1, 0.15) is 28.2 Å². The van der Waals surface area contributed by atoms with Gasteiger partial charge < -0.3 is 26.3 Å². The van der Waals surface area contributed by atoms with Crippen LogP contribution in [0.4, 0.5) is 0 Å². The van der Waals surface area contributed by atoms with E-state index in [2.05, 4.69) is 37.0 Å². The Labute approximate surface area is 236 Å². The number of aliphatic imine (C=N–C) groups is 1. The van der Waals surface area contributed by atoms with Crippen molar-refractivity contribution >= 4 is 35.6 Å². The topological polar surface area (TPSA) is 144 Å². The van der Waals surface area contributed by atoms with Gasteiger partial charge in [-0.3, -0.25) is 14.6 Å². The number of imidazole rings is 1. The smallest absolute Gasteiger partial charge is 0.207 e. The van der Waals surface area contributed by atoms with Gasteiger partial charge in [0.05, 0.1) is 18.4 Å². The molecule has 11 heteroatoms. The minimum atomic E-state index is -0.0173. The van der Waals surface area contributed by atoms with E-state index in [9.17, 15) is 9.59 Å². The molecule has 0 fully saturated rings. The van der Waals surface area contributed by atoms with Gasteiger partial charge in [-0.2, -0.15) is 0 Å². The highest BCUT2D eigenvalue weighted by Crippen LogP contribution is 2.27. The van der Waals surface area contributed by atoms with Gasteiger partial charge in [-0.25, -0.2) is 4.98 Å². The zero-order valence-electron chi connectivity index (χ0n) is 21.7. The molecule has 0 aliphatic rings. The zero-order valence-corrected chi connectivity index (χ0v) is 23.3. The molecule has 0 bridgehead atoms. The Balaban J connectivity index is 0.000000771. The number of rotatable bonds is 9. The number of benzene rings is 2. The molecule has 0 spiro atoms. The number of halogens is 2. The molecule has 0 aliphatic heterocycles. The average Bonchev–Trinajstić information content (AvgIpc) is 3.40. The first-order valence-electron chi connectivity index (χ1n) is 12.1. The summed E-state index contributed by atoms with van der Waals surface area (Å²) < 4.78 is 2.09. The lowest BCUT2D eigenvalue weighted by Gasteiger charge is -2.15. The Morgan fingerprint density at radius 1 is 1.10 bits per heavy atom. The zero-order chi connectivity index (χ0) is 28.4. The number of H-pyrrole nitrogens is 1. The molecule has 9 nitrogen and oxygen atoms in total. The first kappa shape index (κ1) is 29.5. The number of aryl methyl sites for hydroxylation is 2. The summed E-state index contributed by atoms with van der Waals surface area (Å²) in [4.78, 5) is 33.9. The van der Waals surface area contributed by atoms with Crippen molar-refractivity contribution in [2.45, 2.75) is 32.9 Å². The molecule has 2 aromatic heterocycles. The molecule has 0 radical (unpaired) electrons. The Hall–Kier alpha value is -4.08. The number of aromatic nitrogens is 3. The average molecular weight is 569 g/mol. The summed E-state index contributed by atoms with van der Waals surface area (Å²) in [6.45, 7) is 3.06. The van der Waals surface area contributed by atoms with Gasteiger partial charge in [0, 0.05) is 53.6 Å². The molecule has 0 saturated carbocycles. The van der Waals surface area contributed by atoms with Gasteiger partial charge >= 0.3 is 0 Å². The van der Waals surface area contributed by atoms with Crippen LogP contribution in [-0.4, -0.2) is 34.0 Å². The number of guanidine groups is 1. The number of carbonyl (C=O) groups excluding carboxylic acids is 1. The van der Waals surface area contributed by atoms with E-state index >= 15 is 0 Å². The molecular formula is C28H31Cl2N7O2. The Morgan fingerprint density at radius 3 is 2.38 bits per heavy atom. The molecule has 2 aromatic carbocycles. The van der Waals surface area contributed by atoms with Crippen LogP contribution in [0.15, 0.2) is 70.7 Å². The minimum absolute atomic E-state index is 0.0173. The summed E-state index contributed by atoms with van der Waals surface area (Å²) >= 11 is 12.7. The standard InChI is InChI=1S/C26H24Cl2N4O2.C2H7N3/c1-17-20(13-21-22(27)3-2-4-23(21)28)25(34)10-12-32(17)11-9-18-5-7-19(8-6-18)24-14-30-26(31-24)15-29-16-33;1-5-2(3)4/h2-8,10,12,14,16H,9,11,13,15H2,1H3,(H,29,33)(H,30,31);1H3,(H4,3,4,5).